The number of alkyl carbamates (subject to hydrolysis) is 1. The maximum Gasteiger partial charge on any atom is 0.407 e. The number of hydrogen-bond donors (Lipinski definition) is 4. The SMILES string of the molecule is [N-]=[N+]=NCC1(CNC(=O)OC2C(O)OC[C@@H](O)[C@@H]2O)C=N1. The Morgan fingerprint density at radius 1 is 1.62 bits per heavy atom. The number of aliphatic hydroxyl groups is 3. The quantitative estimate of drug-likeness (QED) is 0.267. The molecule has 1 amide bonds. The predicted octanol–water partition coefficient (Wildman–Crippen LogP) is -1.71. The van der Waals surface area contributed by atoms with E-state index in [1.807, 2.05) is 0 Å². The summed E-state index contributed by atoms with van der Waals surface area (Å²) in [7, 11) is 0. The lowest BCUT2D eigenvalue weighted by molar-refractivity contribution is -0.251. The van der Waals surface area contributed by atoms with Crippen LogP contribution in [0.3, 0.4) is 0 Å². The first-order valence-electron chi connectivity index (χ1n) is 6.15. The number of nitrogens with zero attached hydrogens (tertiary/aromatic N) is 4. The lowest BCUT2D eigenvalue weighted by Gasteiger charge is -2.34. The molecule has 5 atom stereocenters. The molecule has 0 aliphatic carbocycles. The third kappa shape index (κ3) is 3.80. The van der Waals surface area contributed by atoms with Crippen molar-refractivity contribution in [3.05, 3.63) is 10.4 Å². The summed E-state index contributed by atoms with van der Waals surface area (Å²) < 4.78 is 9.57. The van der Waals surface area contributed by atoms with E-state index in [0.717, 1.165) is 0 Å². The van der Waals surface area contributed by atoms with Crippen molar-refractivity contribution >= 4 is 12.3 Å². The zero-order valence-electron chi connectivity index (χ0n) is 10.9. The summed E-state index contributed by atoms with van der Waals surface area (Å²) in [4.78, 5) is 18.1. The van der Waals surface area contributed by atoms with E-state index in [1.165, 1.54) is 6.21 Å². The minimum Gasteiger partial charge on any atom is -0.438 e. The van der Waals surface area contributed by atoms with Crippen molar-refractivity contribution < 1.29 is 29.6 Å². The van der Waals surface area contributed by atoms with Crippen molar-refractivity contribution in [2.45, 2.75) is 30.1 Å². The van der Waals surface area contributed by atoms with Gasteiger partial charge in [0.2, 0.25) is 0 Å². The summed E-state index contributed by atoms with van der Waals surface area (Å²) in [6, 6.07) is 0. The van der Waals surface area contributed by atoms with Crippen LogP contribution in [0.2, 0.25) is 0 Å². The van der Waals surface area contributed by atoms with Crippen LogP contribution in [0.4, 0.5) is 4.79 Å². The van der Waals surface area contributed by atoms with Crippen molar-refractivity contribution in [2.75, 3.05) is 19.7 Å². The third-order valence-corrected chi connectivity index (χ3v) is 3.13. The molecule has 0 aromatic rings. The van der Waals surface area contributed by atoms with E-state index in [-0.39, 0.29) is 19.7 Å². The van der Waals surface area contributed by atoms with E-state index in [4.69, 9.17) is 15.0 Å². The van der Waals surface area contributed by atoms with Crippen LogP contribution in [0.1, 0.15) is 0 Å². The molecule has 2 aliphatic rings. The maximum absolute atomic E-state index is 11.6. The van der Waals surface area contributed by atoms with Gasteiger partial charge in [-0.2, -0.15) is 0 Å². The minimum atomic E-state index is -1.52. The highest BCUT2D eigenvalue weighted by Crippen LogP contribution is 2.20. The molecular formula is C10H15N5O6. The van der Waals surface area contributed by atoms with Crippen LogP contribution in [0.5, 0.6) is 0 Å². The fraction of sp³-hybridized carbons (Fsp3) is 0.800. The van der Waals surface area contributed by atoms with Gasteiger partial charge in [-0.25, -0.2) is 4.79 Å². The standard InChI is InChI=1S/C10H15N5O6/c11-15-14-4-10(3-13-10)2-12-9(19)21-7-6(17)5(16)1-20-8(7)18/h3,5-8,16-18H,1-2,4H2,(H,12,19)/t5-,6+,7?,8?,10?/m1/s1. The summed E-state index contributed by atoms with van der Waals surface area (Å²) in [6.45, 7) is -0.139. The summed E-state index contributed by atoms with van der Waals surface area (Å²) in [5.41, 5.74) is 7.50. The molecule has 1 fully saturated rings. The van der Waals surface area contributed by atoms with Crippen LogP contribution in [0, 0.1) is 0 Å². The third-order valence-electron chi connectivity index (χ3n) is 3.13. The fourth-order valence-corrected chi connectivity index (χ4v) is 1.77. The van der Waals surface area contributed by atoms with Crippen molar-refractivity contribution in [2.24, 2.45) is 10.1 Å². The van der Waals surface area contributed by atoms with Crippen molar-refractivity contribution in [1.29, 1.82) is 0 Å². The predicted molar refractivity (Wildman–Crippen MR) is 67.5 cm³/mol. The highest BCUT2D eigenvalue weighted by atomic mass is 16.7. The summed E-state index contributed by atoms with van der Waals surface area (Å²) in [5, 5.41) is 34.2. The molecular weight excluding hydrogens is 286 g/mol. The molecule has 2 aliphatic heterocycles. The Morgan fingerprint density at radius 3 is 2.95 bits per heavy atom. The number of carbonyl (C=O) groups is 1. The van der Waals surface area contributed by atoms with E-state index in [1.54, 1.807) is 0 Å². The normalized spacial score (nSPS) is 37.5. The van der Waals surface area contributed by atoms with Crippen LogP contribution >= 0.6 is 0 Å². The number of nitrogens with one attached hydrogen (secondary N) is 1. The lowest BCUT2D eigenvalue weighted by Crippen LogP contribution is -2.55. The average molecular weight is 301 g/mol. The van der Waals surface area contributed by atoms with Crippen LogP contribution in [0.25, 0.3) is 10.4 Å². The van der Waals surface area contributed by atoms with Crippen molar-refractivity contribution in [3.8, 4) is 0 Å². The molecule has 4 N–H and O–H groups in total. The number of aliphatic hydroxyl groups excluding tert-OH is 3. The van der Waals surface area contributed by atoms with Gasteiger partial charge in [0.05, 0.1) is 19.7 Å². The zero-order valence-corrected chi connectivity index (χ0v) is 10.9. The average Bonchev–Trinajstić information content (AvgIpc) is 3.24. The summed E-state index contributed by atoms with van der Waals surface area (Å²) in [5.74, 6) is 0. The molecule has 21 heavy (non-hydrogen) atoms. The minimum absolute atomic E-state index is 0.0488. The molecule has 0 aromatic heterocycles. The number of ether oxygens (including phenoxy) is 2. The first-order chi connectivity index (χ1) is 9.97. The topological polar surface area (TPSA) is 169 Å². The highest BCUT2D eigenvalue weighted by molar-refractivity contribution is 5.86. The van der Waals surface area contributed by atoms with Crippen LogP contribution in [-0.2, 0) is 9.47 Å². The molecule has 0 spiro atoms. The van der Waals surface area contributed by atoms with Gasteiger partial charge in [-0.15, -0.1) is 0 Å². The van der Waals surface area contributed by atoms with Gasteiger partial charge >= 0.3 is 6.09 Å². The smallest absolute Gasteiger partial charge is 0.407 e. The Labute approximate surface area is 118 Å². The number of amides is 1. The Balaban J connectivity index is 1.80. The Hall–Kier alpha value is -1.91. The molecule has 116 valence electrons. The van der Waals surface area contributed by atoms with E-state index in [2.05, 4.69) is 20.3 Å². The fourth-order valence-electron chi connectivity index (χ4n) is 1.77. The second-order valence-corrected chi connectivity index (χ2v) is 4.76. The molecule has 1 saturated heterocycles. The second kappa shape index (κ2) is 6.24. The van der Waals surface area contributed by atoms with Gasteiger partial charge in [-0.05, 0) is 5.53 Å². The Bertz CT molecular complexity index is 473. The molecule has 2 heterocycles. The maximum atomic E-state index is 11.6. The molecule has 0 bridgehead atoms. The van der Waals surface area contributed by atoms with Gasteiger partial charge < -0.3 is 30.1 Å². The van der Waals surface area contributed by atoms with Crippen LogP contribution < -0.4 is 5.32 Å². The molecule has 0 aromatic carbocycles. The molecule has 11 heteroatoms. The van der Waals surface area contributed by atoms with Gasteiger partial charge in [0.25, 0.3) is 0 Å². The van der Waals surface area contributed by atoms with Crippen molar-refractivity contribution in [1.82, 2.24) is 5.32 Å². The summed E-state index contributed by atoms with van der Waals surface area (Å²) >= 11 is 0. The first kappa shape index (κ1) is 15.5. The zero-order chi connectivity index (χ0) is 15.5. The van der Waals surface area contributed by atoms with Gasteiger partial charge in [0.1, 0.15) is 17.7 Å². The van der Waals surface area contributed by atoms with E-state index in [9.17, 15) is 20.1 Å². The van der Waals surface area contributed by atoms with Crippen molar-refractivity contribution in [3.63, 3.8) is 0 Å². The molecule has 3 unspecified atom stereocenters. The molecule has 2 rings (SSSR count). The highest BCUT2D eigenvalue weighted by Gasteiger charge is 2.41. The van der Waals surface area contributed by atoms with E-state index in [0.29, 0.717) is 0 Å². The Kier molecular flexibility index (Phi) is 4.60. The number of carbonyl (C=O) groups excluding carboxylic acids is 1. The largest absolute Gasteiger partial charge is 0.438 e. The van der Waals surface area contributed by atoms with Crippen LogP contribution in [-0.4, -0.2) is 77.5 Å². The monoisotopic (exact) mass is 301 g/mol. The lowest BCUT2D eigenvalue weighted by atomic mass is 10.1. The Morgan fingerprint density at radius 2 is 2.33 bits per heavy atom. The molecule has 0 radical (unpaired) electrons. The van der Waals surface area contributed by atoms with Crippen LogP contribution in [0.15, 0.2) is 10.1 Å². The second-order valence-electron chi connectivity index (χ2n) is 4.76. The van der Waals surface area contributed by atoms with Gasteiger partial charge in [-0.1, -0.05) is 5.11 Å². The number of azide groups is 1. The number of rotatable bonds is 5. The number of aliphatic imine (C=N–C) groups is 1. The molecule has 11 nitrogen and oxygen atoms in total. The molecule has 0 saturated carbocycles. The van der Waals surface area contributed by atoms with Gasteiger partial charge in [-0.3, -0.25) is 4.99 Å². The van der Waals surface area contributed by atoms with Gasteiger partial charge in [0, 0.05) is 11.1 Å². The first-order valence-corrected chi connectivity index (χ1v) is 6.15. The van der Waals surface area contributed by atoms with Gasteiger partial charge in [0.15, 0.2) is 12.4 Å². The number of hydrogen-bond acceptors (Lipinski definition) is 8. The summed E-state index contributed by atoms with van der Waals surface area (Å²) in [6.07, 6.45) is -5.03. The van der Waals surface area contributed by atoms with E-state index < -0.39 is 36.2 Å². The van der Waals surface area contributed by atoms with E-state index >= 15 is 0 Å².